The number of hydrogen-bond donors (Lipinski definition) is 0. The molecular weight excluding hydrogens is 214 g/mol. The third kappa shape index (κ3) is 1.30. The Labute approximate surface area is 97.6 Å². The molecule has 0 N–H and O–H groups in total. The second-order valence-corrected chi connectivity index (χ2v) is 4.67. The van der Waals surface area contributed by atoms with E-state index in [9.17, 15) is 0 Å². The summed E-state index contributed by atoms with van der Waals surface area (Å²) < 4.78 is 1.27. The van der Waals surface area contributed by atoms with Crippen LogP contribution in [-0.2, 0) is 6.42 Å². The lowest BCUT2D eigenvalue weighted by molar-refractivity contribution is 1.31. The van der Waals surface area contributed by atoms with Gasteiger partial charge in [-0.2, -0.15) is 5.26 Å². The zero-order chi connectivity index (χ0) is 11.0. The van der Waals surface area contributed by atoms with Gasteiger partial charge in [0, 0.05) is 10.1 Å². The van der Waals surface area contributed by atoms with Crippen LogP contribution in [0.3, 0.4) is 0 Å². The second kappa shape index (κ2) is 3.62. The number of nitrogens with zero attached hydrogens (tertiary/aromatic N) is 1. The lowest BCUT2D eigenvalue weighted by atomic mass is 10.0. The standard InChI is InChI=1S/C14H9NS/c15-8-7-11-9-16-13-6-5-10-3-1-2-4-12(10)14(11)13/h1-6,9H,7H2. The third-order valence-corrected chi connectivity index (χ3v) is 3.81. The maximum absolute atomic E-state index is 8.82. The number of nitriles is 1. The van der Waals surface area contributed by atoms with E-state index in [1.807, 2.05) is 6.07 Å². The summed E-state index contributed by atoms with van der Waals surface area (Å²) in [4.78, 5) is 0. The van der Waals surface area contributed by atoms with Crippen LogP contribution in [0.1, 0.15) is 5.56 Å². The van der Waals surface area contributed by atoms with Crippen molar-refractivity contribution in [2.75, 3.05) is 0 Å². The molecule has 76 valence electrons. The van der Waals surface area contributed by atoms with Crippen LogP contribution in [0.5, 0.6) is 0 Å². The Morgan fingerprint density at radius 2 is 2.00 bits per heavy atom. The predicted octanol–water partition coefficient (Wildman–Crippen LogP) is 4.12. The molecule has 0 fully saturated rings. The molecule has 0 saturated carbocycles. The summed E-state index contributed by atoms with van der Waals surface area (Å²) in [5, 5.41) is 14.7. The van der Waals surface area contributed by atoms with E-state index < -0.39 is 0 Å². The molecule has 0 aliphatic rings. The van der Waals surface area contributed by atoms with Crippen molar-refractivity contribution in [1.82, 2.24) is 0 Å². The van der Waals surface area contributed by atoms with E-state index in [-0.39, 0.29) is 0 Å². The number of rotatable bonds is 1. The fourth-order valence-electron chi connectivity index (χ4n) is 2.09. The van der Waals surface area contributed by atoms with Gasteiger partial charge in [0.2, 0.25) is 0 Å². The summed E-state index contributed by atoms with van der Waals surface area (Å²) in [5.41, 5.74) is 1.15. The van der Waals surface area contributed by atoms with Crippen molar-refractivity contribution < 1.29 is 0 Å². The molecule has 0 radical (unpaired) electrons. The maximum Gasteiger partial charge on any atom is 0.0670 e. The highest BCUT2D eigenvalue weighted by Crippen LogP contribution is 2.32. The number of hydrogen-bond acceptors (Lipinski definition) is 2. The highest BCUT2D eigenvalue weighted by atomic mass is 32.1. The van der Waals surface area contributed by atoms with Gasteiger partial charge in [0.15, 0.2) is 0 Å². The minimum atomic E-state index is 0.494. The Hall–Kier alpha value is -1.85. The molecule has 0 unspecified atom stereocenters. The first-order valence-electron chi connectivity index (χ1n) is 5.15. The van der Waals surface area contributed by atoms with E-state index in [1.165, 1.54) is 20.9 Å². The van der Waals surface area contributed by atoms with Crippen molar-refractivity contribution in [3.63, 3.8) is 0 Å². The van der Waals surface area contributed by atoms with Crippen molar-refractivity contribution in [3.05, 3.63) is 47.3 Å². The molecule has 1 heterocycles. The highest BCUT2D eigenvalue weighted by molar-refractivity contribution is 7.17. The molecular formula is C14H9NS. The maximum atomic E-state index is 8.82. The third-order valence-electron chi connectivity index (χ3n) is 2.81. The van der Waals surface area contributed by atoms with Crippen LogP contribution in [0.2, 0.25) is 0 Å². The van der Waals surface area contributed by atoms with Gasteiger partial charge < -0.3 is 0 Å². The van der Waals surface area contributed by atoms with Crippen molar-refractivity contribution in [3.8, 4) is 6.07 Å². The predicted molar refractivity (Wildman–Crippen MR) is 68.6 cm³/mol. The Kier molecular flexibility index (Phi) is 2.12. The van der Waals surface area contributed by atoms with Gasteiger partial charge in [-0.1, -0.05) is 30.3 Å². The van der Waals surface area contributed by atoms with Gasteiger partial charge in [0.05, 0.1) is 12.5 Å². The van der Waals surface area contributed by atoms with Gasteiger partial charge in [-0.25, -0.2) is 0 Å². The molecule has 0 spiro atoms. The van der Waals surface area contributed by atoms with Crippen LogP contribution >= 0.6 is 11.3 Å². The highest BCUT2D eigenvalue weighted by Gasteiger charge is 2.07. The second-order valence-electron chi connectivity index (χ2n) is 3.76. The van der Waals surface area contributed by atoms with E-state index in [2.05, 4.69) is 41.8 Å². The topological polar surface area (TPSA) is 23.8 Å². The summed E-state index contributed by atoms with van der Waals surface area (Å²) in [6.45, 7) is 0. The van der Waals surface area contributed by atoms with Crippen LogP contribution in [0.4, 0.5) is 0 Å². The summed E-state index contributed by atoms with van der Waals surface area (Å²) in [7, 11) is 0. The van der Waals surface area contributed by atoms with Crippen LogP contribution in [0, 0.1) is 11.3 Å². The van der Waals surface area contributed by atoms with E-state index in [1.54, 1.807) is 11.3 Å². The Bertz CT molecular complexity index is 703. The van der Waals surface area contributed by atoms with E-state index in [0.29, 0.717) is 6.42 Å². The molecule has 2 aromatic carbocycles. The zero-order valence-corrected chi connectivity index (χ0v) is 9.42. The fraction of sp³-hybridized carbons (Fsp3) is 0.0714. The molecule has 0 aliphatic carbocycles. The molecule has 16 heavy (non-hydrogen) atoms. The average Bonchev–Trinajstić information content (AvgIpc) is 2.73. The largest absolute Gasteiger partial charge is 0.198 e. The molecule has 0 saturated heterocycles. The van der Waals surface area contributed by atoms with Gasteiger partial charge in [0.1, 0.15) is 0 Å². The molecule has 0 atom stereocenters. The van der Waals surface area contributed by atoms with Crippen LogP contribution < -0.4 is 0 Å². The average molecular weight is 223 g/mol. The van der Waals surface area contributed by atoms with Crippen molar-refractivity contribution >= 4 is 32.2 Å². The number of thiophene rings is 1. The number of fused-ring (bicyclic) bond motifs is 3. The van der Waals surface area contributed by atoms with Crippen molar-refractivity contribution in [1.29, 1.82) is 5.26 Å². The zero-order valence-electron chi connectivity index (χ0n) is 8.60. The minimum absolute atomic E-state index is 0.494. The smallest absolute Gasteiger partial charge is 0.0670 e. The molecule has 3 rings (SSSR count). The van der Waals surface area contributed by atoms with E-state index >= 15 is 0 Å². The van der Waals surface area contributed by atoms with Crippen molar-refractivity contribution in [2.45, 2.75) is 6.42 Å². The molecule has 0 bridgehead atoms. The molecule has 2 heteroatoms. The Morgan fingerprint density at radius 3 is 2.88 bits per heavy atom. The van der Waals surface area contributed by atoms with Crippen LogP contribution in [0.15, 0.2) is 41.8 Å². The minimum Gasteiger partial charge on any atom is -0.198 e. The molecule has 0 amide bonds. The summed E-state index contributed by atoms with van der Waals surface area (Å²) >= 11 is 1.72. The number of benzene rings is 2. The van der Waals surface area contributed by atoms with Gasteiger partial charge in [-0.05, 0) is 27.8 Å². The molecule has 1 aromatic heterocycles. The fourth-order valence-corrected chi connectivity index (χ4v) is 3.07. The molecule has 3 aromatic rings. The van der Waals surface area contributed by atoms with Gasteiger partial charge in [0.25, 0.3) is 0 Å². The summed E-state index contributed by atoms with van der Waals surface area (Å²) in [6.07, 6.45) is 0.494. The lowest BCUT2D eigenvalue weighted by Gasteiger charge is -2.00. The van der Waals surface area contributed by atoms with E-state index in [4.69, 9.17) is 5.26 Å². The first-order valence-corrected chi connectivity index (χ1v) is 6.03. The van der Waals surface area contributed by atoms with E-state index in [0.717, 1.165) is 5.56 Å². The lowest BCUT2D eigenvalue weighted by Crippen LogP contribution is -1.79. The molecule has 0 aliphatic heterocycles. The molecule has 1 nitrogen and oxygen atoms in total. The summed E-state index contributed by atoms with van der Waals surface area (Å²) in [5.74, 6) is 0. The SMILES string of the molecule is N#CCc1csc2ccc3ccccc3c12. The van der Waals surface area contributed by atoms with Crippen molar-refractivity contribution in [2.24, 2.45) is 0 Å². The summed E-state index contributed by atoms with van der Waals surface area (Å²) in [6, 6.07) is 14.9. The van der Waals surface area contributed by atoms with Gasteiger partial charge in [-0.15, -0.1) is 11.3 Å². The van der Waals surface area contributed by atoms with Gasteiger partial charge >= 0.3 is 0 Å². The van der Waals surface area contributed by atoms with Crippen LogP contribution in [-0.4, -0.2) is 0 Å². The van der Waals surface area contributed by atoms with Crippen LogP contribution in [0.25, 0.3) is 20.9 Å². The first-order chi connectivity index (χ1) is 7.90. The normalized spacial score (nSPS) is 10.7. The quantitative estimate of drug-likeness (QED) is 0.608. The monoisotopic (exact) mass is 223 g/mol. The Balaban J connectivity index is 2.48. The first kappa shape index (κ1) is 9.38. The van der Waals surface area contributed by atoms with Gasteiger partial charge in [-0.3, -0.25) is 0 Å². The Morgan fingerprint density at radius 1 is 1.12 bits per heavy atom.